The molecule has 1 aromatic heterocycles. The Labute approximate surface area is 119 Å². The summed E-state index contributed by atoms with van der Waals surface area (Å²) in [6.07, 6.45) is 2.52. The van der Waals surface area contributed by atoms with Gasteiger partial charge in [0.1, 0.15) is 5.69 Å². The summed E-state index contributed by atoms with van der Waals surface area (Å²) in [4.78, 5) is 18.6. The number of carbonyl (C=O) groups is 1. The number of hydrogen-bond donors (Lipinski definition) is 1. The van der Waals surface area contributed by atoms with Crippen LogP contribution in [0.5, 0.6) is 0 Å². The third-order valence-electron chi connectivity index (χ3n) is 3.11. The molecule has 0 aliphatic carbocycles. The molecule has 104 valence electrons. The number of nitrogens with two attached hydrogens (primary N) is 1. The van der Waals surface area contributed by atoms with Gasteiger partial charge in [-0.2, -0.15) is 0 Å². The molecule has 4 heteroatoms. The van der Waals surface area contributed by atoms with Crippen molar-refractivity contribution >= 4 is 17.3 Å². The second kappa shape index (κ2) is 6.19. The average molecular weight is 269 g/mol. The molecule has 1 amide bonds. The van der Waals surface area contributed by atoms with Gasteiger partial charge in [0.05, 0.1) is 0 Å². The van der Waals surface area contributed by atoms with E-state index in [-0.39, 0.29) is 5.91 Å². The van der Waals surface area contributed by atoms with Crippen molar-refractivity contribution in [3.05, 3.63) is 53.9 Å². The van der Waals surface area contributed by atoms with Crippen molar-refractivity contribution in [2.75, 3.05) is 17.2 Å². The van der Waals surface area contributed by atoms with Crippen LogP contribution in [-0.4, -0.2) is 17.4 Å². The fourth-order valence-corrected chi connectivity index (χ4v) is 2.06. The maximum absolute atomic E-state index is 12.7. The number of hydrogen-bond acceptors (Lipinski definition) is 3. The minimum atomic E-state index is -0.0743. The molecule has 0 aliphatic heterocycles. The number of anilines is 2. The Bertz CT molecular complexity index is 593. The van der Waals surface area contributed by atoms with Crippen molar-refractivity contribution in [3.63, 3.8) is 0 Å². The molecule has 1 aromatic carbocycles. The number of amides is 1. The third-order valence-corrected chi connectivity index (χ3v) is 3.11. The summed E-state index contributed by atoms with van der Waals surface area (Å²) in [5.74, 6) is -0.0743. The van der Waals surface area contributed by atoms with Gasteiger partial charge < -0.3 is 10.6 Å². The van der Waals surface area contributed by atoms with Gasteiger partial charge in [-0.3, -0.25) is 9.78 Å². The van der Waals surface area contributed by atoms with E-state index < -0.39 is 0 Å². The largest absolute Gasteiger partial charge is 0.399 e. The van der Waals surface area contributed by atoms with Crippen molar-refractivity contribution < 1.29 is 4.79 Å². The molecular formula is C16H19N3O. The van der Waals surface area contributed by atoms with Crippen molar-refractivity contribution in [3.8, 4) is 0 Å². The highest BCUT2D eigenvalue weighted by Crippen LogP contribution is 2.19. The third kappa shape index (κ3) is 2.96. The molecule has 0 atom stereocenters. The molecule has 4 nitrogen and oxygen atoms in total. The van der Waals surface area contributed by atoms with Crippen LogP contribution in [0.3, 0.4) is 0 Å². The Kier molecular flexibility index (Phi) is 4.35. The fourth-order valence-electron chi connectivity index (χ4n) is 2.06. The lowest BCUT2D eigenvalue weighted by molar-refractivity contribution is 0.0981. The Morgan fingerprint density at radius 2 is 1.95 bits per heavy atom. The zero-order valence-electron chi connectivity index (χ0n) is 11.8. The topological polar surface area (TPSA) is 59.2 Å². The molecule has 0 fully saturated rings. The van der Waals surface area contributed by atoms with Gasteiger partial charge in [0.15, 0.2) is 0 Å². The van der Waals surface area contributed by atoms with Crippen LogP contribution in [0.15, 0.2) is 42.6 Å². The quantitative estimate of drug-likeness (QED) is 0.868. The summed E-state index contributed by atoms with van der Waals surface area (Å²) in [6.45, 7) is 4.59. The smallest absolute Gasteiger partial charge is 0.277 e. The summed E-state index contributed by atoms with van der Waals surface area (Å²) in [7, 11) is 0. The second-order valence-corrected chi connectivity index (χ2v) is 4.72. The number of nitrogens with zero attached hydrogens (tertiary/aromatic N) is 2. The number of rotatable bonds is 4. The zero-order valence-corrected chi connectivity index (χ0v) is 11.8. The van der Waals surface area contributed by atoms with E-state index in [1.807, 2.05) is 38.1 Å². The van der Waals surface area contributed by atoms with E-state index in [0.29, 0.717) is 17.9 Å². The van der Waals surface area contributed by atoms with Crippen molar-refractivity contribution in [2.24, 2.45) is 0 Å². The van der Waals surface area contributed by atoms with Gasteiger partial charge in [-0.1, -0.05) is 13.0 Å². The normalized spacial score (nSPS) is 10.3. The first-order chi connectivity index (χ1) is 9.63. The Balaban J connectivity index is 2.36. The first kappa shape index (κ1) is 14.1. The van der Waals surface area contributed by atoms with Gasteiger partial charge in [0.25, 0.3) is 5.91 Å². The summed E-state index contributed by atoms with van der Waals surface area (Å²) < 4.78 is 0. The minimum Gasteiger partial charge on any atom is -0.399 e. The Morgan fingerprint density at radius 1 is 1.25 bits per heavy atom. The lowest BCUT2D eigenvalue weighted by Gasteiger charge is -2.22. The van der Waals surface area contributed by atoms with Gasteiger partial charge in [0.2, 0.25) is 0 Å². The molecule has 0 radical (unpaired) electrons. The van der Waals surface area contributed by atoms with Gasteiger partial charge in [-0.15, -0.1) is 0 Å². The van der Waals surface area contributed by atoms with Crippen LogP contribution < -0.4 is 10.6 Å². The molecule has 0 spiro atoms. The minimum absolute atomic E-state index is 0.0743. The van der Waals surface area contributed by atoms with E-state index in [1.54, 1.807) is 23.2 Å². The number of aromatic nitrogens is 1. The predicted octanol–water partition coefficient (Wildman–Crippen LogP) is 3.03. The number of benzene rings is 1. The van der Waals surface area contributed by atoms with Crippen LogP contribution >= 0.6 is 0 Å². The van der Waals surface area contributed by atoms with E-state index in [9.17, 15) is 4.79 Å². The molecular weight excluding hydrogens is 250 g/mol. The molecule has 0 unspecified atom stereocenters. The van der Waals surface area contributed by atoms with Crippen LogP contribution in [0, 0.1) is 6.92 Å². The van der Waals surface area contributed by atoms with Crippen LogP contribution in [-0.2, 0) is 0 Å². The van der Waals surface area contributed by atoms with Crippen LogP contribution in [0.1, 0.15) is 29.4 Å². The summed E-state index contributed by atoms with van der Waals surface area (Å²) in [6, 6.07) is 11.1. The second-order valence-electron chi connectivity index (χ2n) is 4.72. The molecule has 2 N–H and O–H groups in total. The first-order valence-corrected chi connectivity index (χ1v) is 6.72. The number of nitrogen functional groups attached to an aromatic ring is 1. The van der Waals surface area contributed by atoms with Gasteiger partial charge in [0, 0.05) is 24.1 Å². The standard InChI is InChI=1S/C16H19N3O/c1-3-11-19(14-8-6-13(17)7-9-14)16(20)15-12(2)5-4-10-18-15/h4-10H,3,11,17H2,1-2H3. The van der Waals surface area contributed by atoms with Gasteiger partial charge in [-0.25, -0.2) is 0 Å². The number of carbonyl (C=O) groups excluding carboxylic acids is 1. The summed E-state index contributed by atoms with van der Waals surface area (Å²) >= 11 is 0. The zero-order chi connectivity index (χ0) is 14.5. The Hall–Kier alpha value is -2.36. The molecule has 1 heterocycles. The lowest BCUT2D eigenvalue weighted by atomic mass is 10.1. The van der Waals surface area contributed by atoms with E-state index in [1.165, 1.54) is 0 Å². The maximum atomic E-state index is 12.7. The average Bonchev–Trinajstić information content (AvgIpc) is 2.46. The Morgan fingerprint density at radius 3 is 2.55 bits per heavy atom. The molecule has 0 bridgehead atoms. The van der Waals surface area contributed by atoms with E-state index in [4.69, 9.17) is 5.73 Å². The van der Waals surface area contributed by atoms with Crippen LogP contribution in [0.4, 0.5) is 11.4 Å². The molecule has 2 rings (SSSR count). The fraction of sp³-hybridized carbons (Fsp3) is 0.250. The molecule has 20 heavy (non-hydrogen) atoms. The van der Waals surface area contributed by atoms with Crippen LogP contribution in [0.2, 0.25) is 0 Å². The van der Waals surface area contributed by atoms with Crippen molar-refractivity contribution in [2.45, 2.75) is 20.3 Å². The highest BCUT2D eigenvalue weighted by molar-refractivity contribution is 6.05. The highest BCUT2D eigenvalue weighted by Gasteiger charge is 2.19. The van der Waals surface area contributed by atoms with E-state index in [2.05, 4.69) is 4.98 Å². The number of pyridine rings is 1. The lowest BCUT2D eigenvalue weighted by Crippen LogP contribution is -2.32. The van der Waals surface area contributed by atoms with E-state index in [0.717, 1.165) is 17.7 Å². The van der Waals surface area contributed by atoms with E-state index >= 15 is 0 Å². The molecule has 2 aromatic rings. The first-order valence-electron chi connectivity index (χ1n) is 6.72. The molecule has 0 aliphatic rings. The van der Waals surface area contributed by atoms with Gasteiger partial charge in [-0.05, 0) is 49.2 Å². The molecule has 0 saturated carbocycles. The predicted molar refractivity (Wildman–Crippen MR) is 81.8 cm³/mol. The molecule has 0 saturated heterocycles. The number of aryl methyl sites for hydroxylation is 1. The summed E-state index contributed by atoms with van der Waals surface area (Å²) in [5, 5.41) is 0. The highest BCUT2D eigenvalue weighted by atomic mass is 16.2. The monoisotopic (exact) mass is 269 g/mol. The maximum Gasteiger partial charge on any atom is 0.277 e. The SMILES string of the molecule is CCCN(C(=O)c1ncccc1C)c1ccc(N)cc1. The van der Waals surface area contributed by atoms with Crippen molar-refractivity contribution in [1.82, 2.24) is 4.98 Å². The van der Waals surface area contributed by atoms with Gasteiger partial charge >= 0.3 is 0 Å². The summed E-state index contributed by atoms with van der Waals surface area (Å²) in [5.41, 5.74) is 8.61. The van der Waals surface area contributed by atoms with Crippen LogP contribution in [0.25, 0.3) is 0 Å². The van der Waals surface area contributed by atoms with Crippen molar-refractivity contribution in [1.29, 1.82) is 0 Å².